The monoisotopic (exact) mass is 513 g/mol. The molecule has 0 bridgehead atoms. The molecule has 0 saturated carbocycles. The smallest absolute Gasteiger partial charge is 0.248 e. The normalized spacial score (nSPS) is 17.3. The molecule has 3 N–H and O–H groups in total. The van der Waals surface area contributed by atoms with E-state index in [0.717, 1.165) is 5.56 Å². The molecule has 0 spiro atoms. The van der Waals surface area contributed by atoms with Gasteiger partial charge in [-0.25, -0.2) is 22.0 Å². The molecule has 1 atom stereocenters. The predicted molar refractivity (Wildman–Crippen MR) is 125 cm³/mol. The van der Waals surface area contributed by atoms with E-state index in [0.29, 0.717) is 44.7 Å². The molecular weight excluding hydrogens is 482 g/mol. The van der Waals surface area contributed by atoms with Gasteiger partial charge in [0.2, 0.25) is 26.0 Å². The second kappa shape index (κ2) is 10.5. The quantitative estimate of drug-likeness (QED) is 0.513. The van der Waals surface area contributed by atoms with Crippen LogP contribution in [0.2, 0.25) is 0 Å². The van der Waals surface area contributed by atoms with E-state index in [1.54, 1.807) is 32.9 Å². The summed E-state index contributed by atoms with van der Waals surface area (Å²) < 4.78 is 55.3. The third-order valence-corrected chi connectivity index (χ3v) is 9.02. The number of sulfonamides is 2. The van der Waals surface area contributed by atoms with E-state index >= 15 is 0 Å². The fourth-order valence-corrected chi connectivity index (χ4v) is 6.28. The van der Waals surface area contributed by atoms with Crippen molar-refractivity contribution >= 4 is 26.0 Å². The second-order valence-corrected chi connectivity index (χ2v) is 11.8. The van der Waals surface area contributed by atoms with Gasteiger partial charge in [-0.3, -0.25) is 9.69 Å². The minimum Gasteiger partial charge on any atom is -0.360 e. The molecule has 13 heteroatoms. The van der Waals surface area contributed by atoms with E-state index < -0.39 is 26.1 Å². The standard InChI is InChI=1S/C21H31N5O6S2/c1-15-20(17(3)32-24-15)34(30,31)26-12-4-11-25(13-14-26)16(2)21(27)23-10-9-18-5-7-19(8-6-18)33(22,28)29/h5-8,16H,4,9-14H2,1-3H3,(H,23,27)(H2,22,28,29)/t16-/m1/s1. The van der Waals surface area contributed by atoms with Gasteiger partial charge < -0.3 is 9.84 Å². The Labute approximate surface area is 200 Å². The number of aromatic nitrogens is 1. The summed E-state index contributed by atoms with van der Waals surface area (Å²) in [7, 11) is -7.46. The molecule has 11 nitrogen and oxygen atoms in total. The largest absolute Gasteiger partial charge is 0.360 e. The van der Waals surface area contributed by atoms with Crippen molar-refractivity contribution in [2.75, 3.05) is 32.7 Å². The van der Waals surface area contributed by atoms with E-state index in [1.807, 2.05) is 4.90 Å². The number of rotatable bonds is 8. The summed E-state index contributed by atoms with van der Waals surface area (Å²) in [6, 6.07) is 5.78. The minimum atomic E-state index is -3.73. The summed E-state index contributed by atoms with van der Waals surface area (Å²) in [6.07, 6.45) is 1.13. The molecule has 0 unspecified atom stereocenters. The van der Waals surface area contributed by atoms with Gasteiger partial charge in [-0.15, -0.1) is 0 Å². The maximum absolute atomic E-state index is 13.1. The first-order valence-corrected chi connectivity index (χ1v) is 14.0. The van der Waals surface area contributed by atoms with Crippen LogP contribution in [0.15, 0.2) is 38.6 Å². The van der Waals surface area contributed by atoms with Crippen molar-refractivity contribution in [3.63, 3.8) is 0 Å². The first-order chi connectivity index (χ1) is 15.9. The average Bonchev–Trinajstić information content (AvgIpc) is 2.97. The molecule has 0 aliphatic carbocycles. The maximum atomic E-state index is 13.1. The van der Waals surface area contributed by atoms with E-state index in [-0.39, 0.29) is 28.0 Å². The topological polar surface area (TPSA) is 156 Å². The highest BCUT2D eigenvalue weighted by molar-refractivity contribution is 7.89. The van der Waals surface area contributed by atoms with Crippen LogP contribution in [-0.4, -0.2) is 75.9 Å². The van der Waals surface area contributed by atoms with Gasteiger partial charge in [-0.2, -0.15) is 4.31 Å². The lowest BCUT2D eigenvalue weighted by Crippen LogP contribution is -2.47. The van der Waals surface area contributed by atoms with Crippen molar-refractivity contribution in [2.24, 2.45) is 5.14 Å². The fraction of sp³-hybridized carbons (Fsp3) is 0.524. The number of primary sulfonamides is 1. The van der Waals surface area contributed by atoms with Gasteiger partial charge in [-0.05, 0) is 51.3 Å². The molecule has 34 heavy (non-hydrogen) atoms. The summed E-state index contributed by atoms with van der Waals surface area (Å²) in [4.78, 5) is 14.8. The van der Waals surface area contributed by atoms with E-state index in [4.69, 9.17) is 9.66 Å². The van der Waals surface area contributed by atoms with E-state index in [9.17, 15) is 21.6 Å². The highest BCUT2D eigenvalue weighted by Crippen LogP contribution is 2.24. The van der Waals surface area contributed by atoms with Crippen molar-refractivity contribution in [3.05, 3.63) is 41.3 Å². The van der Waals surface area contributed by atoms with Gasteiger partial charge in [0.25, 0.3) is 0 Å². The third kappa shape index (κ3) is 6.02. The second-order valence-electron chi connectivity index (χ2n) is 8.35. The Kier molecular flexibility index (Phi) is 8.14. The molecule has 1 amide bonds. The molecule has 188 valence electrons. The fourth-order valence-electron chi connectivity index (χ4n) is 4.00. The number of carbonyl (C=O) groups excluding carboxylic acids is 1. The van der Waals surface area contributed by atoms with Crippen molar-refractivity contribution in [1.29, 1.82) is 0 Å². The lowest BCUT2D eigenvalue weighted by molar-refractivity contribution is -0.125. The predicted octanol–water partition coefficient (Wildman–Crippen LogP) is 0.383. The molecule has 3 rings (SSSR count). The van der Waals surface area contributed by atoms with Crippen LogP contribution in [-0.2, 0) is 31.3 Å². The summed E-state index contributed by atoms with van der Waals surface area (Å²) in [5.74, 6) is 0.119. The Bertz CT molecular complexity index is 1210. The highest BCUT2D eigenvalue weighted by Gasteiger charge is 2.33. The molecule has 1 saturated heterocycles. The van der Waals surface area contributed by atoms with Crippen LogP contribution in [0.25, 0.3) is 0 Å². The Balaban J connectivity index is 1.53. The summed E-state index contributed by atoms with van der Waals surface area (Å²) in [5, 5.41) is 11.8. The number of amides is 1. The molecular formula is C21H31N5O6S2. The van der Waals surface area contributed by atoms with Crippen LogP contribution in [0.4, 0.5) is 0 Å². The first kappa shape index (κ1) is 26.3. The van der Waals surface area contributed by atoms with Gasteiger partial charge in [-0.1, -0.05) is 17.3 Å². The minimum absolute atomic E-state index is 0.0421. The van der Waals surface area contributed by atoms with Crippen molar-refractivity contribution in [2.45, 2.75) is 49.4 Å². The number of nitrogens with one attached hydrogen (secondary N) is 1. The van der Waals surface area contributed by atoms with E-state index in [1.165, 1.54) is 16.4 Å². The number of hydrogen-bond acceptors (Lipinski definition) is 8. The van der Waals surface area contributed by atoms with Gasteiger partial charge in [0, 0.05) is 32.7 Å². The zero-order valence-electron chi connectivity index (χ0n) is 19.5. The zero-order valence-corrected chi connectivity index (χ0v) is 21.2. The Hall–Kier alpha value is -2.32. The number of aryl methyl sites for hydroxylation is 2. The molecule has 2 aromatic rings. The van der Waals surface area contributed by atoms with Crippen LogP contribution in [0, 0.1) is 13.8 Å². The maximum Gasteiger partial charge on any atom is 0.248 e. The van der Waals surface area contributed by atoms with Gasteiger partial charge in [0.1, 0.15) is 10.6 Å². The molecule has 0 radical (unpaired) electrons. The van der Waals surface area contributed by atoms with Gasteiger partial charge in [0.05, 0.1) is 10.9 Å². The highest BCUT2D eigenvalue weighted by atomic mass is 32.2. The SMILES string of the molecule is Cc1noc(C)c1S(=O)(=O)N1CCCN([C@H](C)C(=O)NCCc2ccc(S(N)(=O)=O)cc2)CC1. The number of hydrogen-bond donors (Lipinski definition) is 2. The van der Waals surface area contributed by atoms with Crippen molar-refractivity contribution < 1.29 is 26.2 Å². The summed E-state index contributed by atoms with van der Waals surface area (Å²) >= 11 is 0. The van der Waals surface area contributed by atoms with Crippen LogP contribution in [0.1, 0.15) is 30.4 Å². The molecule has 1 aromatic carbocycles. The number of nitrogens with zero attached hydrogens (tertiary/aromatic N) is 3. The molecule has 1 aliphatic heterocycles. The van der Waals surface area contributed by atoms with Gasteiger partial charge in [0.15, 0.2) is 5.76 Å². The van der Waals surface area contributed by atoms with Gasteiger partial charge >= 0.3 is 0 Å². The van der Waals surface area contributed by atoms with Crippen molar-refractivity contribution in [3.8, 4) is 0 Å². The van der Waals surface area contributed by atoms with Crippen molar-refractivity contribution in [1.82, 2.24) is 19.7 Å². The summed E-state index contributed by atoms with van der Waals surface area (Å²) in [5.41, 5.74) is 1.21. The zero-order chi connectivity index (χ0) is 25.1. The Morgan fingerprint density at radius 1 is 1.12 bits per heavy atom. The van der Waals surface area contributed by atoms with Crippen LogP contribution in [0.3, 0.4) is 0 Å². The lowest BCUT2D eigenvalue weighted by atomic mass is 10.1. The van der Waals surface area contributed by atoms with Crippen LogP contribution in [0.5, 0.6) is 0 Å². The lowest BCUT2D eigenvalue weighted by Gasteiger charge is -2.27. The first-order valence-electron chi connectivity index (χ1n) is 11.0. The van der Waals surface area contributed by atoms with Crippen LogP contribution >= 0.6 is 0 Å². The summed E-state index contributed by atoms with van der Waals surface area (Å²) in [6.45, 7) is 7.01. The number of carbonyl (C=O) groups is 1. The molecule has 2 heterocycles. The molecule has 1 fully saturated rings. The number of nitrogens with two attached hydrogens (primary N) is 1. The average molecular weight is 514 g/mol. The Morgan fingerprint density at radius 3 is 2.38 bits per heavy atom. The van der Waals surface area contributed by atoms with E-state index in [2.05, 4.69) is 10.5 Å². The Morgan fingerprint density at radius 2 is 1.79 bits per heavy atom. The third-order valence-electron chi connectivity index (χ3n) is 5.95. The number of benzene rings is 1. The molecule has 1 aromatic heterocycles. The molecule has 1 aliphatic rings. The van der Waals surface area contributed by atoms with Crippen LogP contribution < -0.4 is 10.5 Å².